The third-order valence-corrected chi connectivity index (χ3v) is 3.22. The predicted molar refractivity (Wildman–Crippen MR) is 55.3 cm³/mol. The SMILES string of the molecule is C#CC(C)NC(=O)C1CC2C=CC1C2. The van der Waals surface area contributed by atoms with Gasteiger partial charge >= 0.3 is 0 Å². The van der Waals surface area contributed by atoms with E-state index in [1.165, 1.54) is 0 Å². The summed E-state index contributed by atoms with van der Waals surface area (Å²) in [6.07, 6.45) is 11.8. The van der Waals surface area contributed by atoms with Crippen LogP contribution in [0.4, 0.5) is 0 Å². The van der Waals surface area contributed by atoms with E-state index in [4.69, 9.17) is 6.42 Å². The molecule has 2 bridgehead atoms. The number of terminal acetylenes is 1. The number of amides is 1. The van der Waals surface area contributed by atoms with Gasteiger partial charge in [-0.15, -0.1) is 6.42 Å². The van der Waals surface area contributed by atoms with Gasteiger partial charge in [-0.05, 0) is 31.6 Å². The monoisotopic (exact) mass is 189 g/mol. The molecule has 0 aliphatic heterocycles. The number of rotatable bonds is 2. The number of carbonyl (C=O) groups is 1. The van der Waals surface area contributed by atoms with Gasteiger partial charge in [-0.25, -0.2) is 0 Å². The van der Waals surface area contributed by atoms with Crippen molar-refractivity contribution in [1.29, 1.82) is 0 Å². The highest BCUT2D eigenvalue weighted by Gasteiger charge is 2.39. The molecule has 1 N–H and O–H groups in total. The predicted octanol–water partition coefficient (Wildman–Crippen LogP) is 1.34. The van der Waals surface area contributed by atoms with Gasteiger partial charge in [0.2, 0.25) is 5.91 Å². The third kappa shape index (κ3) is 1.55. The van der Waals surface area contributed by atoms with Crippen molar-refractivity contribution in [2.24, 2.45) is 17.8 Å². The summed E-state index contributed by atoms with van der Waals surface area (Å²) in [4.78, 5) is 11.8. The number of carbonyl (C=O) groups excluding carboxylic acids is 1. The van der Waals surface area contributed by atoms with Crippen molar-refractivity contribution in [2.45, 2.75) is 25.8 Å². The standard InChI is InChI=1S/C12H15NO/c1-3-8(2)13-12(14)11-7-9-4-5-10(11)6-9/h1,4-5,8-11H,6-7H2,2H3,(H,13,14). The molecule has 4 unspecified atom stereocenters. The molecule has 0 aromatic rings. The molecule has 4 atom stereocenters. The minimum absolute atomic E-state index is 0.132. The molecule has 0 heterocycles. The summed E-state index contributed by atoms with van der Waals surface area (Å²) in [6, 6.07) is -0.148. The van der Waals surface area contributed by atoms with E-state index in [-0.39, 0.29) is 17.9 Å². The first-order valence-electron chi connectivity index (χ1n) is 5.15. The van der Waals surface area contributed by atoms with E-state index in [1.54, 1.807) is 0 Å². The van der Waals surface area contributed by atoms with Crippen molar-refractivity contribution in [3.8, 4) is 12.3 Å². The molecule has 74 valence electrons. The minimum Gasteiger partial charge on any atom is -0.342 e. The molecule has 1 amide bonds. The second-order valence-corrected chi connectivity index (χ2v) is 4.28. The van der Waals surface area contributed by atoms with E-state index in [9.17, 15) is 4.79 Å². The highest BCUT2D eigenvalue weighted by molar-refractivity contribution is 5.80. The van der Waals surface area contributed by atoms with Crippen molar-refractivity contribution < 1.29 is 4.79 Å². The lowest BCUT2D eigenvalue weighted by Gasteiger charge is -2.18. The van der Waals surface area contributed by atoms with Crippen LogP contribution >= 0.6 is 0 Å². The van der Waals surface area contributed by atoms with Gasteiger partial charge in [-0.2, -0.15) is 0 Å². The van der Waals surface area contributed by atoms with E-state index < -0.39 is 0 Å². The molecule has 0 aromatic heterocycles. The number of nitrogens with one attached hydrogen (secondary N) is 1. The van der Waals surface area contributed by atoms with Gasteiger partial charge in [0.1, 0.15) is 0 Å². The Morgan fingerprint density at radius 1 is 1.57 bits per heavy atom. The fourth-order valence-electron chi connectivity index (χ4n) is 2.44. The first-order valence-corrected chi connectivity index (χ1v) is 5.15. The summed E-state index contributed by atoms with van der Waals surface area (Å²) >= 11 is 0. The maximum atomic E-state index is 11.8. The Morgan fingerprint density at radius 2 is 2.36 bits per heavy atom. The van der Waals surface area contributed by atoms with Crippen LogP contribution in [0.25, 0.3) is 0 Å². The molecule has 2 rings (SSSR count). The highest BCUT2D eigenvalue weighted by Crippen LogP contribution is 2.43. The zero-order valence-corrected chi connectivity index (χ0v) is 8.36. The summed E-state index contributed by atoms with van der Waals surface area (Å²) in [6.45, 7) is 1.83. The van der Waals surface area contributed by atoms with Crippen molar-refractivity contribution >= 4 is 5.91 Å². The van der Waals surface area contributed by atoms with Crippen molar-refractivity contribution in [1.82, 2.24) is 5.32 Å². The van der Waals surface area contributed by atoms with E-state index in [0.717, 1.165) is 12.8 Å². The van der Waals surface area contributed by atoms with Crippen LogP contribution in [-0.2, 0) is 4.79 Å². The van der Waals surface area contributed by atoms with Crippen LogP contribution < -0.4 is 5.32 Å². The molecule has 0 spiro atoms. The summed E-state index contributed by atoms with van der Waals surface area (Å²) in [5.41, 5.74) is 0. The molecule has 2 heteroatoms. The first-order chi connectivity index (χ1) is 6.70. The molecule has 14 heavy (non-hydrogen) atoms. The molecular formula is C12H15NO. The smallest absolute Gasteiger partial charge is 0.224 e. The molecule has 2 nitrogen and oxygen atoms in total. The summed E-state index contributed by atoms with van der Waals surface area (Å²) < 4.78 is 0. The second-order valence-electron chi connectivity index (χ2n) is 4.28. The molecule has 1 saturated carbocycles. The van der Waals surface area contributed by atoms with Gasteiger partial charge in [-0.1, -0.05) is 18.1 Å². The average molecular weight is 189 g/mol. The van der Waals surface area contributed by atoms with Crippen LogP contribution in [0, 0.1) is 30.1 Å². The lowest BCUT2D eigenvalue weighted by molar-refractivity contribution is -0.126. The first kappa shape index (κ1) is 9.33. The Kier molecular flexibility index (Phi) is 2.33. The number of allylic oxidation sites excluding steroid dienone is 2. The highest BCUT2D eigenvalue weighted by atomic mass is 16.1. The second kappa shape index (κ2) is 3.49. The number of fused-ring (bicyclic) bond motifs is 2. The molecule has 2 aliphatic carbocycles. The summed E-state index contributed by atoms with van der Waals surface area (Å²) in [5.74, 6) is 3.91. The Labute approximate surface area is 84.8 Å². The van der Waals surface area contributed by atoms with Crippen LogP contribution in [0.1, 0.15) is 19.8 Å². The maximum absolute atomic E-state index is 11.8. The van der Waals surface area contributed by atoms with Crippen molar-refractivity contribution in [2.75, 3.05) is 0 Å². The number of hydrogen-bond donors (Lipinski definition) is 1. The van der Waals surface area contributed by atoms with Crippen molar-refractivity contribution in [3.05, 3.63) is 12.2 Å². The molecule has 1 fully saturated rings. The Bertz CT molecular complexity index is 313. The fraction of sp³-hybridized carbons (Fsp3) is 0.583. The minimum atomic E-state index is -0.148. The maximum Gasteiger partial charge on any atom is 0.224 e. The van der Waals surface area contributed by atoms with E-state index in [1.807, 2.05) is 6.92 Å². The molecule has 0 aromatic carbocycles. The zero-order valence-electron chi connectivity index (χ0n) is 8.36. The summed E-state index contributed by atoms with van der Waals surface area (Å²) in [7, 11) is 0. The Balaban J connectivity index is 1.94. The quantitative estimate of drug-likeness (QED) is 0.515. The molecule has 0 radical (unpaired) electrons. The lowest BCUT2D eigenvalue weighted by atomic mass is 9.92. The molecule has 0 saturated heterocycles. The van der Waals surface area contributed by atoms with Crippen LogP contribution in [0.15, 0.2) is 12.2 Å². The topological polar surface area (TPSA) is 29.1 Å². The molecular weight excluding hydrogens is 174 g/mol. The van der Waals surface area contributed by atoms with Crippen molar-refractivity contribution in [3.63, 3.8) is 0 Å². The van der Waals surface area contributed by atoms with Gasteiger partial charge in [0.25, 0.3) is 0 Å². The Morgan fingerprint density at radius 3 is 2.86 bits per heavy atom. The van der Waals surface area contributed by atoms with Gasteiger partial charge < -0.3 is 5.32 Å². The van der Waals surface area contributed by atoms with Gasteiger partial charge in [0.05, 0.1) is 6.04 Å². The lowest BCUT2D eigenvalue weighted by Crippen LogP contribution is -2.37. The van der Waals surface area contributed by atoms with Crippen LogP contribution in [0.3, 0.4) is 0 Å². The van der Waals surface area contributed by atoms with Crippen LogP contribution in [0.5, 0.6) is 0 Å². The average Bonchev–Trinajstić information content (AvgIpc) is 2.78. The fourth-order valence-corrected chi connectivity index (χ4v) is 2.44. The van der Waals surface area contributed by atoms with Crippen LogP contribution in [0.2, 0.25) is 0 Å². The van der Waals surface area contributed by atoms with Gasteiger partial charge in [0, 0.05) is 5.92 Å². The zero-order chi connectivity index (χ0) is 10.1. The molecule has 2 aliphatic rings. The van der Waals surface area contributed by atoms with E-state index in [2.05, 4.69) is 23.4 Å². The largest absolute Gasteiger partial charge is 0.342 e. The van der Waals surface area contributed by atoms with Gasteiger partial charge in [0.15, 0.2) is 0 Å². The normalized spacial score (nSPS) is 35.3. The Hall–Kier alpha value is -1.23. The summed E-state index contributed by atoms with van der Waals surface area (Å²) in [5, 5.41) is 2.85. The van der Waals surface area contributed by atoms with E-state index >= 15 is 0 Å². The third-order valence-electron chi connectivity index (χ3n) is 3.22. The van der Waals surface area contributed by atoms with Gasteiger partial charge in [-0.3, -0.25) is 4.79 Å². The van der Waals surface area contributed by atoms with Crippen LogP contribution in [-0.4, -0.2) is 11.9 Å². The van der Waals surface area contributed by atoms with E-state index in [0.29, 0.717) is 11.8 Å². The number of hydrogen-bond acceptors (Lipinski definition) is 1.